The largest absolute Gasteiger partial charge is 0.418 e. The molecule has 178 valence electrons. The smallest absolute Gasteiger partial charge is 0.183 e. The average molecular weight is 479 g/mol. The van der Waals surface area contributed by atoms with Crippen LogP contribution >= 0.6 is 0 Å². The standard InChI is InChI=1S/C25H50N2OSi3/c1-20-23(30(8,9)27-25(2,3)4)19-21(17-18-28-29(5,6)7)24(20)31(10,11)26-22-15-13-12-14-16-22/h12-16,20-21,23-24,26-27H,17-19H2,1-11H3. The van der Waals surface area contributed by atoms with E-state index in [4.69, 9.17) is 4.43 Å². The number of nitrogens with one attached hydrogen (secondary N) is 2. The number of rotatable bonds is 9. The molecule has 0 aromatic heterocycles. The van der Waals surface area contributed by atoms with E-state index in [-0.39, 0.29) is 5.54 Å². The van der Waals surface area contributed by atoms with Crippen molar-refractivity contribution in [2.75, 3.05) is 11.6 Å². The average Bonchev–Trinajstić information content (AvgIpc) is 2.90. The molecule has 4 unspecified atom stereocenters. The van der Waals surface area contributed by atoms with Gasteiger partial charge in [0.1, 0.15) is 8.24 Å². The molecule has 0 spiro atoms. The number of para-hydroxylation sites is 1. The lowest BCUT2D eigenvalue weighted by Gasteiger charge is -2.42. The van der Waals surface area contributed by atoms with Gasteiger partial charge in [0.25, 0.3) is 0 Å². The zero-order chi connectivity index (χ0) is 23.7. The van der Waals surface area contributed by atoms with E-state index in [0.717, 1.165) is 29.5 Å². The quantitative estimate of drug-likeness (QED) is 0.360. The highest BCUT2D eigenvalue weighted by Crippen LogP contribution is 2.57. The molecule has 6 heteroatoms. The fourth-order valence-electron chi connectivity index (χ4n) is 6.42. The Bertz CT molecular complexity index is 695. The maximum absolute atomic E-state index is 6.34. The van der Waals surface area contributed by atoms with Crippen LogP contribution in [0.5, 0.6) is 0 Å². The van der Waals surface area contributed by atoms with Gasteiger partial charge < -0.3 is 14.4 Å². The summed E-state index contributed by atoms with van der Waals surface area (Å²) in [6.45, 7) is 27.7. The summed E-state index contributed by atoms with van der Waals surface area (Å²) < 4.78 is 6.34. The van der Waals surface area contributed by atoms with Crippen LogP contribution in [-0.4, -0.2) is 36.9 Å². The van der Waals surface area contributed by atoms with Gasteiger partial charge in [0.2, 0.25) is 0 Å². The van der Waals surface area contributed by atoms with Gasteiger partial charge in [0.05, 0.1) is 0 Å². The van der Waals surface area contributed by atoms with E-state index in [0.29, 0.717) is 0 Å². The van der Waals surface area contributed by atoms with Crippen molar-refractivity contribution in [2.24, 2.45) is 11.8 Å². The zero-order valence-electron chi connectivity index (χ0n) is 22.2. The van der Waals surface area contributed by atoms with Gasteiger partial charge in [0, 0.05) is 17.8 Å². The molecule has 1 fully saturated rings. The molecule has 1 aromatic rings. The van der Waals surface area contributed by atoms with Crippen LogP contribution < -0.4 is 9.96 Å². The molecule has 3 nitrogen and oxygen atoms in total. The van der Waals surface area contributed by atoms with Gasteiger partial charge in [0.15, 0.2) is 16.6 Å². The predicted octanol–water partition coefficient (Wildman–Crippen LogP) is 7.53. The molecule has 0 saturated heterocycles. The van der Waals surface area contributed by atoms with Crippen molar-refractivity contribution in [3.05, 3.63) is 30.3 Å². The lowest BCUT2D eigenvalue weighted by molar-refractivity contribution is 0.270. The molecule has 0 amide bonds. The molecule has 2 N–H and O–H groups in total. The molecule has 1 aliphatic carbocycles. The number of hydrogen-bond donors (Lipinski definition) is 2. The highest BCUT2D eigenvalue weighted by atomic mass is 28.4. The molecular weight excluding hydrogens is 429 g/mol. The topological polar surface area (TPSA) is 33.3 Å². The Morgan fingerprint density at radius 2 is 1.52 bits per heavy atom. The monoisotopic (exact) mass is 478 g/mol. The summed E-state index contributed by atoms with van der Waals surface area (Å²) in [6, 6.07) is 10.9. The van der Waals surface area contributed by atoms with Crippen molar-refractivity contribution in [3.8, 4) is 0 Å². The van der Waals surface area contributed by atoms with Gasteiger partial charge in [-0.3, -0.25) is 0 Å². The second kappa shape index (κ2) is 9.84. The Balaban J connectivity index is 2.28. The molecule has 0 heterocycles. The molecule has 1 aromatic carbocycles. The third-order valence-electron chi connectivity index (χ3n) is 6.99. The van der Waals surface area contributed by atoms with Crippen LogP contribution in [0.3, 0.4) is 0 Å². The molecule has 0 radical (unpaired) electrons. The molecule has 1 aliphatic rings. The van der Waals surface area contributed by atoms with Gasteiger partial charge in [-0.2, -0.15) is 0 Å². The predicted molar refractivity (Wildman–Crippen MR) is 147 cm³/mol. The third kappa shape index (κ3) is 7.84. The molecule has 4 atom stereocenters. The second-order valence-electron chi connectivity index (χ2n) is 13.0. The number of anilines is 1. The third-order valence-corrected chi connectivity index (χ3v) is 15.7. The van der Waals surface area contributed by atoms with Crippen molar-refractivity contribution >= 4 is 30.5 Å². The first-order valence-corrected chi connectivity index (χ1v) is 21.8. The lowest BCUT2D eigenvalue weighted by Crippen LogP contribution is -2.58. The van der Waals surface area contributed by atoms with Crippen molar-refractivity contribution in [2.45, 2.75) is 103 Å². The fourth-order valence-corrected chi connectivity index (χ4v) is 16.0. The number of hydrogen-bond acceptors (Lipinski definition) is 3. The van der Waals surface area contributed by atoms with Crippen LogP contribution in [0.4, 0.5) is 5.69 Å². The van der Waals surface area contributed by atoms with Crippen molar-refractivity contribution in [3.63, 3.8) is 0 Å². The van der Waals surface area contributed by atoms with Crippen LogP contribution in [0.25, 0.3) is 0 Å². The van der Waals surface area contributed by atoms with Crippen LogP contribution in [-0.2, 0) is 4.43 Å². The summed E-state index contributed by atoms with van der Waals surface area (Å²) in [7, 11) is -4.77. The Morgan fingerprint density at radius 1 is 0.935 bits per heavy atom. The summed E-state index contributed by atoms with van der Waals surface area (Å²) in [4.78, 5) is 8.15. The molecule has 0 aliphatic heterocycles. The Hall–Kier alpha value is -0.409. The maximum Gasteiger partial charge on any atom is 0.183 e. The Morgan fingerprint density at radius 3 is 2.03 bits per heavy atom. The van der Waals surface area contributed by atoms with E-state index in [1.807, 2.05) is 0 Å². The fraction of sp³-hybridized carbons (Fsp3) is 0.760. The zero-order valence-corrected chi connectivity index (χ0v) is 25.2. The minimum absolute atomic E-state index is 0.180. The minimum Gasteiger partial charge on any atom is -0.418 e. The summed E-state index contributed by atoms with van der Waals surface area (Å²) in [5.74, 6) is 1.49. The first-order chi connectivity index (χ1) is 14.0. The first-order valence-electron chi connectivity index (χ1n) is 12.3. The van der Waals surface area contributed by atoms with E-state index in [1.165, 1.54) is 18.5 Å². The number of benzene rings is 1. The van der Waals surface area contributed by atoms with E-state index in [2.05, 4.69) is 114 Å². The van der Waals surface area contributed by atoms with Crippen LogP contribution in [0.1, 0.15) is 40.5 Å². The van der Waals surface area contributed by atoms with Crippen LogP contribution in [0, 0.1) is 11.8 Å². The van der Waals surface area contributed by atoms with Gasteiger partial charge in [-0.05, 0) is 88.3 Å². The summed E-state index contributed by atoms with van der Waals surface area (Å²) >= 11 is 0. The lowest BCUT2D eigenvalue weighted by atomic mass is 10.0. The van der Waals surface area contributed by atoms with E-state index >= 15 is 0 Å². The SMILES string of the molecule is CC1C([Si](C)(C)NC(C)(C)C)CC(CCO[Si](C)(C)C)C1[Si](C)(C)Nc1ccccc1. The maximum atomic E-state index is 6.34. The Kier molecular flexibility index (Phi) is 8.52. The first kappa shape index (κ1) is 26.8. The molecular formula is C25H50N2OSi3. The van der Waals surface area contributed by atoms with Gasteiger partial charge >= 0.3 is 0 Å². The normalized spacial score (nSPS) is 25.6. The van der Waals surface area contributed by atoms with E-state index in [9.17, 15) is 0 Å². The summed E-state index contributed by atoms with van der Waals surface area (Å²) in [5, 5.41) is 0. The van der Waals surface area contributed by atoms with E-state index < -0.39 is 24.8 Å². The van der Waals surface area contributed by atoms with Crippen molar-refractivity contribution < 1.29 is 4.43 Å². The Labute approximate surface area is 196 Å². The second-order valence-corrected chi connectivity index (χ2v) is 26.4. The minimum atomic E-state index is -1.71. The molecule has 31 heavy (non-hydrogen) atoms. The van der Waals surface area contributed by atoms with Crippen LogP contribution in [0.15, 0.2) is 30.3 Å². The van der Waals surface area contributed by atoms with Gasteiger partial charge in [-0.15, -0.1) is 0 Å². The van der Waals surface area contributed by atoms with Gasteiger partial charge in [-0.1, -0.05) is 51.3 Å². The van der Waals surface area contributed by atoms with Gasteiger partial charge in [-0.25, -0.2) is 0 Å². The summed E-state index contributed by atoms with van der Waals surface area (Å²) in [5.41, 5.74) is 3.03. The van der Waals surface area contributed by atoms with Crippen LogP contribution in [0.2, 0.25) is 56.9 Å². The van der Waals surface area contributed by atoms with E-state index in [1.54, 1.807) is 0 Å². The summed E-state index contributed by atoms with van der Waals surface area (Å²) in [6.07, 6.45) is 2.57. The van der Waals surface area contributed by atoms with Crippen molar-refractivity contribution in [1.82, 2.24) is 4.98 Å². The highest BCUT2D eigenvalue weighted by Gasteiger charge is 2.54. The molecule has 0 bridgehead atoms. The molecule has 1 saturated carbocycles. The highest BCUT2D eigenvalue weighted by molar-refractivity contribution is 6.82. The molecule has 2 rings (SSSR count). The van der Waals surface area contributed by atoms with Crippen molar-refractivity contribution in [1.29, 1.82) is 0 Å².